The molecular weight excluding hydrogens is 269 g/mol. The predicted octanol–water partition coefficient (Wildman–Crippen LogP) is 1.86. The van der Waals surface area contributed by atoms with Crippen LogP contribution >= 0.6 is 22.6 Å². The van der Waals surface area contributed by atoms with Gasteiger partial charge in [0.15, 0.2) is 0 Å². The monoisotopic (exact) mass is 281 g/mol. The fourth-order valence-corrected chi connectivity index (χ4v) is 1.91. The van der Waals surface area contributed by atoms with Crippen molar-refractivity contribution in [2.45, 2.75) is 22.8 Å². The van der Waals surface area contributed by atoms with E-state index in [1.807, 2.05) is 0 Å². The number of alkyl carbamates (subject to hydrolysis) is 1. The minimum absolute atomic E-state index is 0.225. The lowest BCUT2D eigenvalue weighted by molar-refractivity contribution is 0.166. The number of allylic oxidation sites excluding steroid dienone is 1. The molecule has 0 unspecified atom stereocenters. The third-order valence-electron chi connectivity index (χ3n) is 1.84. The second kappa shape index (κ2) is 4.69. The summed E-state index contributed by atoms with van der Waals surface area (Å²) in [5, 5.41) is 2.80. The molecule has 68 valence electrons. The van der Waals surface area contributed by atoms with Gasteiger partial charge in [-0.1, -0.05) is 34.7 Å². The van der Waals surface area contributed by atoms with Gasteiger partial charge in [0, 0.05) is 9.97 Å². The van der Waals surface area contributed by atoms with E-state index in [-0.39, 0.29) is 12.1 Å². The van der Waals surface area contributed by atoms with Crippen LogP contribution in [-0.2, 0) is 4.74 Å². The summed E-state index contributed by atoms with van der Waals surface area (Å²) in [6.07, 6.45) is 5.83. The molecule has 3 nitrogen and oxygen atoms in total. The fourth-order valence-electron chi connectivity index (χ4n) is 1.14. The molecule has 1 aliphatic carbocycles. The van der Waals surface area contributed by atoms with Crippen LogP contribution in [0.25, 0.3) is 0 Å². The lowest BCUT2D eigenvalue weighted by atomic mass is 10.0. The summed E-state index contributed by atoms with van der Waals surface area (Å²) in [6.45, 7) is 0. The number of methoxy groups -OCH3 is 1. The molecule has 1 amide bonds. The zero-order valence-corrected chi connectivity index (χ0v) is 9.08. The Kier molecular flexibility index (Phi) is 3.84. The van der Waals surface area contributed by atoms with Crippen molar-refractivity contribution in [1.82, 2.24) is 5.32 Å². The number of alkyl halides is 1. The van der Waals surface area contributed by atoms with E-state index in [1.54, 1.807) is 0 Å². The maximum absolute atomic E-state index is 10.9. The molecule has 2 atom stereocenters. The van der Waals surface area contributed by atoms with Gasteiger partial charge in [0.1, 0.15) is 0 Å². The highest BCUT2D eigenvalue weighted by molar-refractivity contribution is 14.1. The second-order valence-corrected chi connectivity index (χ2v) is 4.30. The van der Waals surface area contributed by atoms with E-state index in [4.69, 9.17) is 0 Å². The first-order valence-corrected chi connectivity index (χ1v) is 5.12. The molecule has 0 saturated heterocycles. The van der Waals surface area contributed by atoms with E-state index < -0.39 is 0 Å². The first kappa shape index (κ1) is 9.83. The Morgan fingerprint density at radius 3 is 2.83 bits per heavy atom. The Bertz CT molecular complexity index is 193. The van der Waals surface area contributed by atoms with Crippen LogP contribution in [0.5, 0.6) is 0 Å². The Labute approximate surface area is 85.7 Å². The Morgan fingerprint density at radius 2 is 2.25 bits per heavy atom. The van der Waals surface area contributed by atoms with Crippen LogP contribution in [0, 0.1) is 0 Å². The average Bonchev–Trinajstić information content (AvgIpc) is 2.09. The van der Waals surface area contributed by atoms with Crippen LogP contribution in [0.1, 0.15) is 12.8 Å². The van der Waals surface area contributed by atoms with Gasteiger partial charge in [0.05, 0.1) is 7.11 Å². The molecule has 0 fully saturated rings. The van der Waals surface area contributed by atoms with Gasteiger partial charge in [0.25, 0.3) is 0 Å². The Morgan fingerprint density at radius 1 is 1.58 bits per heavy atom. The summed E-state index contributed by atoms with van der Waals surface area (Å²) in [4.78, 5) is 10.9. The number of nitrogens with one attached hydrogen (secondary N) is 1. The molecule has 0 heterocycles. The van der Waals surface area contributed by atoms with Crippen molar-refractivity contribution in [2.75, 3.05) is 7.11 Å². The second-order valence-electron chi connectivity index (χ2n) is 2.70. The molecule has 0 aliphatic heterocycles. The molecule has 4 heteroatoms. The SMILES string of the molecule is COC(=O)N[C@H]1CC=CC[C@@H]1I. The van der Waals surface area contributed by atoms with E-state index in [2.05, 4.69) is 44.8 Å². The van der Waals surface area contributed by atoms with Gasteiger partial charge >= 0.3 is 6.09 Å². The lowest BCUT2D eigenvalue weighted by Crippen LogP contribution is -2.41. The summed E-state index contributed by atoms with van der Waals surface area (Å²) in [7, 11) is 1.39. The number of carbonyl (C=O) groups is 1. The Hall–Kier alpha value is -0.260. The third-order valence-corrected chi connectivity index (χ3v) is 3.22. The van der Waals surface area contributed by atoms with Crippen molar-refractivity contribution in [1.29, 1.82) is 0 Å². The van der Waals surface area contributed by atoms with E-state index in [0.29, 0.717) is 3.92 Å². The topological polar surface area (TPSA) is 38.3 Å². The predicted molar refractivity (Wildman–Crippen MR) is 55.5 cm³/mol. The summed E-state index contributed by atoms with van der Waals surface area (Å²) in [5.41, 5.74) is 0. The van der Waals surface area contributed by atoms with Crippen LogP contribution in [0.2, 0.25) is 0 Å². The zero-order valence-electron chi connectivity index (χ0n) is 6.92. The van der Waals surface area contributed by atoms with Crippen molar-refractivity contribution in [3.8, 4) is 0 Å². The smallest absolute Gasteiger partial charge is 0.407 e. The van der Waals surface area contributed by atoms with Crippen LogP contribution < -0.4 is 5.32 Å². The number of halogens is 1. The number of amides is 1. The normalized spacial score (nSPS) is 28.2. The molecule has 12 heavy (non-hydrogen) atoms. The number of rotatable bonds is 1. The molecular formula is C8H12INO2. The van der Waals surface area contributed by atoms with Crippen LogP contribution in [0.15, 0.2) is 12.2 Å². The molecule has 0 aromatic heterocycles. The number of ether oxygens (including phenoxy) is 1. The molecule has 0 bridgehead atoms. The lowest BCUT2D eigenvalue weighted by Gasteiger charge is -2.23. The van der Waals surface area contributed by atoms with Crippen molar-refractivity contribution in [3.05, 3.63) is 12.2 Å². The molecule has 1 rings (SSSR count). The minimum atomic E-state index is -0.336. The number of carbonyl (C=O) groups excluding carboxylic acids is 1. The highest BCUT2D eigenvalue weighted by Crippen LogP contribution is 2.19. The highest BCUT2D eigenvalue weighted by Gasteiger charge is 2.21. The summed E-state index contributed by atoms with van der Waals surface area (Å²) in [6, 6.07) is 0.225. The first-order valence-electron chi connectivity index (χ1n) is 3.87. The van der Waals surface area contributed by atoms with Crippen LogP contribution in [0.3, 0.4) is 0 Å². The van der Waals surface area contributed by atoms with E-state index >= 15 is 0 Å². The number of hydrogen-bond acceptors (Lipinski definition) is 2. The summed E-state index contributed by atoms with van der Waals surface area (Å²) in [5.74, 6) is 0. The van der Waals surface area contributed by atoms with Gasteiger partial charge in [0.2, 0.25) is 0 Å². The van der Waals surface area contributed by atoms with Gasteiger partial charge in [-0.25, -0.2) is 4.79 Å². The third kappa shape index (κ3) is 2.66. The average molecular weight is 281 g/mol. The molecule has 1 aliphatic rings. The fraction of sp³-hybridized carbons (Fsp3) is 0.625. The van der Waals surface area contributed by atoms with E-state index in [0.717, 1.165) is 12.8 Å². The Balaban J connectivity index is 2.40. The zero-order chi connectivity index (χ0) is 8.97. The van der Waals surface area contributed by atoms with Gasteiger partial charge in [-0.05, 0) is 12.8 Å². The van der Waals surface area contributed by atoms with Crippen LogP contribution in [-0.4, -0.2) is 23.2 Å². The maximum Gasteiger partial charge on any atom is 0.407 e. The number of hydrogen-bond donors (Lipinski definition) is 1. The summed E-state index contributed by atoms with van der Waals surface area (Å²) >= 11 is 2.35. The van der Waals surface area contributed by atoms with Crippen molar-refractivity contribution in [2.24, 2.45) is 0 Å². The first-order chi connectivity index (χ1) is 5.74. The van der Waals surface area contributed by atoms with Crippen molar-refractivity contribution < 1.29 is 9.53 Å². The molecule has 0 aromatic carbocycles. The van der Waals surface area contributed by atoms with E-state index in [9.17, 15) is 4.79 Å². The van der Waals surface area contributed by atoms with Crippen molar-refractivity contribution in [3.63, 3.8) is 0 Å². The van der Waals surface area contributed by atoms with E-state index in [1.165, 1.54) is 7.11 Å². The molecule has 0 saturated carbocycles. The standard InChI is InChI=1S/C8H12INO2/c1-12-8(11)10-7-5-3-2-4-6(7)9/h2-3,6-7H,4-5H2,1H3,(H,10,11)/t6-,7-/m0/s1. The maximum atomic E-state index is 10.9. The molecule has 0 spiro atoms. The van der Waals surface area contributed by atoms with Gasteiger partial charge in [-0.3, -0.25) is 0 Å². The van der Waals surface area contributed by atoms with Gasteiger partial charge in [-0.15, -0.1) is 0 Å². The summed E-state index contributed by atoms with van der Waals surface area (Å²) < 4.78 is 5.00. The largest absolute Gasteiger partial charge is 0.453 e. The molecule has 0 radical (unpaired) electrons. The van der Waals surface area contributed by atoms with Gasteiger partial charge in [-0.2, -0.15) is 0 Å². The molecule has 0 aromatic rings. The van der Waals surface area contributed by atoms with Gasteiger partial charge < -0.3 is 10.1 Å². The molecule has 1 N–H and O–H groups in total. The quantitative estimate of drug-likeness (QED) is 0.452. The van der Waals surface area contributed by atoms with Crippen molar-refractivity contribution >= 4 is 28.7 Å². The minimum Gasteiger partial charge on any atom is -0.453 e. The van der Waals surface area contributed by atoms with Crippen LogP contribution in [0.4, 0.5) is 4.79 Å². The highest BCUT2D eigenvalue weighted by atomic mass is 127.